The van der Waals surface area contributed by atoms with Crippen molar-refractivity contribution in [2.75, 3.05) is 32.8 Å². The van der Waals surface area contributed by atoms with Gasteiger partial charge in [-0.3, -0.25) is 9.58 Å². The van der Waals surface area contributed by atoms with Gasteiger partial charge in [-0.1, -0.05) is 19.1 Å². The zero-order valence-electron chi connectivity index (χ0n) is 12.7. The molecular formula is C14H27N5O. The molecule has 1 unspecified atom stereocenters. The minimum absolute atomic E-state index is 0.426. The van der Waals surface area contributed by atoms with Gasteiger partial charge in [-0.2, -0.15) is 0 Å². The van der Waals surface area contributed by atoms with Crippen LogP contribution in [0.25, 0.3) is 0 Å². The smallest absolute Gasteiger partial charge is 0.0964 e. The lowest BCUT2D eigenvalue weighted by atomic mass is 10.2. The van der Waals surface area contributed by atoms with Gasteiger partial charge < -0.3 is 10.1 Å². The second-order valence-corrected chi connectivity index (χ2v) is 5.28. The van der Waals surface area contributed by atoms with Gasteiger partial charge in [0.15, 0.2) is 0 Å². The predicted molar refractivity (Wildman–Crippen MR) is 78.5 cm³/mol. The molecule has 1 aromatic heterocycles. The number of hydrogen-bond donors (Lipinski definition) is 1. The van der Waals surface area contributed by atoms with E-state index in [1.807, 2.05) is 10.9 Å². The average Bonchev–Trinajstić information content (AvgIpc) is 3.12. The molecule has 0 radical (unpaired) electrons. The zero-order chi connectivity index (χ0) is 14.2. The summed E-state index contributed by atoms with van der Waals surface area (Å²) in [6, 6.07) is 0. The predicted octanol–water partition coefficient (Wildman–Crippen LogP) is 0.889. The summed E-state index contributed by atoms with van der Waals surface area (Å²) in [6.07, 6.45) is 4.86. The molecule has 0 bridgehead atoms. The largest absolute Gasteiger partial charge is 0.377 e. The summed E-state index contributed by atoms with van der Waals surface area (Å²) < 4.78 is 7.64. The van der Waals surface area contributed by atoms with Crippen molar-refractivity contribution in [3.05, 3.63) is 11.9 Å². The Bertz CT molecular complexity index is 375. The monoisotopic (exact) mass is 281 g/mol. The van der Waals surface area contributed by atoms with Crippen LogP contribution in [0.1, 0.15) is 32.4 Å². The van der Waals surface area contributed by atoms with Crippen LogP contribution in [-0.2, 0) is 17.8 Å². The molecule has 1 saturated heterocycles. The van der Waals surface area contributed by atoms with E-state index in [1.165, 1.54) is 12.8 Å². The molecule has 0 saturated carbocycles. The van der Waals surface area contributed by atoms with E-state index in [1.54, 1.807) is 0 Å². The Morgan fingerprint density at radius 1 is 1.50 bits per heavy atom. The molecule has 2 rings (SSSR count). The van der Waals surface area contributed by atoms with E-state index >= 15 is 0 Å². The molecule has 1 atom stereocenters. The number of nitrogens with zero attached hydrogens (tertiary/aromatic N) is 4. The van der Waals surface area contributed by atoms with E-state index in [2.05, 4.69) is 34.4 Å². The Hall–Kier alpha value is -0.980. The van der Waals surface area contributed by atoms with Crippen LogP contribution >= 0.6 is 0 Å². The van der Waals surface area contributed by atoms with Gasteiger partial charge in [-0.25, -0.2) is 0 Å². The lowest BCUT2D eigenvalue weighted by molar-refractivity contribution is 0.0733. The van der Waals surface area contributed by atoms with Gasteiger partial charge in [-0.05, 0) is 25.9 Å². The van der Waals surface area contributed by atoms with Crippen molar-refractivity contribution in [2.24, 2.45) is 0 Å². The van der Waals surface area contributed by atoms with Crippen molar-refractivity contribution >= 4 is 0 Å². The van der Waals surface area contributed by atoms with Crippen LogP contribution < -0.4 is 5.32 Å². The fourth-order valence-electron chi connectivity index (χ4n) is 2.48. The summed E-state index contributed by atoms with van der Waals surface area (Å²) in [5.41, 5.74) is 1.01. The zero-order valence-corrected chi connectivity index (χ0v) is 12.7. The molecule has 0 amide bonds. The van der Waals surface area contributed by atoms with E-state index < -0.39 is 0 Å². The minimum atomic E-state index is 0.426. The first kappa shape index (κ1) is 15.4. The van der Waals surface area contributed by atoms with Crippen LogP contribution in [-0.4, -0.2) is 58.8 Å². The van der Waals surface area contributed by atoms with Crippen LogP contribution in [0.4, 0.5) is 0 Å². The fraction of sp³-hybridized carbons (Fsp3) is 0.857. The Labute approximate surface area is 121 Å². The van der Waals surface area contributed by atoms with Crippen molar-refractivity contribution in [2.45, 2.75) is 45.9 Å². The van der Waals surface area contributed by atoms with Crippen LogP contribution in [0.5, 0.6) is 0 Å². The van der Waals surface area contributed by atoms with Crippen molar-refractivity contribution in [3.63, 3.8) is 0 Å². The Morgan fingerprint density at radius 3 is 3.10 bits per heavy atom. The maximum Gasteiger partial charge on any atom is 0.0964 e. The SMILES string of the molecule is CCNCc1cn(CCN(CC)CC2CCCO2)nn1. The normalized spacial score (nSPS) is 19.1. The highest BCUT2D eigenvalue weighted by Gasteiger charge is 2.18. The number of rotatable bonds is 9. The Morgan fingerprint density at radius 2 is 2.40 bits per heavy atom. The molecular weight excluding hydrogens is 254 g/mol. The topological polar surface area (TPSA) is 55.2 Å². The third-order valence-electron chi connectivity index (χ3n) is 3.72. The Balaban J connectivity index is 1.72. The lowest BCUT2D eigenvalue weighted by Crippen LogP contribution is -2.34. The van der Waals surface area contributed by atoms with Crippen molar-refractivity contribution in [1.29, 1.82) is 0 Å². The van der Waals surface area contributed by atoms with Crippen LogP contribution in [0, 0.1) is 0 Å². The third kappa shape index (κ3) is 4.85. The number of aromatic nitrogens is 3. The van der Waals surface area contributed by atoms with Crippen LogP contribution in [0.2, 0.25) is 0 Å². The van der Waals surface area contributed by atoms with E-state index in [4.69, 9.17) is 4.74 Å². The Kier molecular flexibility index (Phi) is 6.42. The molecule has 0 aliphatic carbocycles. The molecule has 1 aliphatic rings. The maximum atomic E-state index is 5.70. The number of ether oxygens (including phenoxy) is 1. The summed E-state index contributed by atoms with van der Waals surface area (Å²) in [6.45, 7) is 11.0. The van der Waals surface area contributed by atoms with Gasteiger partial charge in [0.05, 0.1) is 18.3 Å². The molecule has 114 valence electrons. The van der Waals surface area contributed by atoms with E-state index in [0.29, 0.717) is 6.10 Å². The van der Waals surface area contributed by atoms with Gasteiger partial charge in [0.25, 0.3) is 0 Å². The molecule has 1 aromatic rings. The number of likely N-dealkylation sites (N-methyl/N-ethyl adjacent to an activating group) is 1. The number of nitrogens with one attached hydrogen (secondary N) is 1. The van der Waals surface area contributed by atoms with Gasteiger partial charge >= 0.3 is 0 Å². The molecule has 6 nitrogen and oxygen atoms in total. The van der Waals surface area contributed by atoms with E-state index in [0.717, 1.165) is 51.6 Å². The summed E-state index contributed by atoms with van der Waals surface area (Å²) >= 11 is 0. The van der Waals surface area contributed by atoms with Crippen molar-refractivity contribution in [1.82, 2.24) is 25.2 Å². The highest BCUT2D eigenvalue weighted by molar-refractivity contribution is 4.91. The summed E-state index contributed by atoms with van der Waals surface area (Å²) in [4.78, 5) is 2.43. The lowest BCUT2D eigenvalue weighted by Gasteiger charge is -2.23. The fourth-order valence-corrected chi connectivity index (χ4v) is 2.48. The standard InChI is InChI=1S/C14H27N5O/c1-3-15-10-13-11-19(17-16-13)8-7-18(4-2)12-14-6-5-9-20-14/h11,14-15H,3-10,12H2,1-2H3. The van der Waals surface area contributed by atoms with Crippen LogP contribution in [0.15, 0.2) is 6.20 Å². The first-order chi connectivity index (χ1) is 9.81. The highest BCUT2D eigenvalue weighted by atomic mass is 16.5. The van der Waals surface area contributed by atoms with Crippen molar-refractivity contribution in [3.8, 4) is 0 Å². The van der Waals surface area contributed by atoms with E-state index in [9.17, 15) is 0 Å². The molecule has 1 aliphatic heterocycles. The van der Waals surface area contributed by atoms with Crippen LogP contribution in [0.3, 0.4) is 0 Å². The molecule has 1 N–H and O–H groups in total. The number of hydrogen-bond acceptors (Lipinski definition) is 5. The first-order valence-electron chi connectivity index (χ1n) is 7.75. The van der Waals surface area contributed by atoms with E-state index in [-0.39, 0.29) is 0 Å². The minimum Gasteiger partial charge on any atom is -0.377 e. The van der Waals surface area contributed by atoms with Gasteiger partial charge in [0.2, 0.25) is 0 Å². The van der Waals surface area contributed by atoms with Crippen molar-refractivity contribution < 1.29 is 4.74 Å². The first-order valence-corrected chi connectivity index (χ1v) is 7.75. The molecule has 0 aromatic carbocycles. The average molecular weight is 281 g/mol. The summed E-state index contributed by atoms with van der Waals surface area (Å²) in [5, 5.41) is 11.6. The third-order valence-corrected chi connectivity index (χ3v) is 3.72. The maximum absolute atomic E-state index is 5.70. The second kappa shape index (κ2) is 8.34. The quantitative estimate of drug-likeness (QED) is 0.728. The molecule has 6 heteroatoms. The molecule has 20 heavy (non-hydrogen) atoms. The van der Waals surface area contributed by atoms with Gasteiger partial charge in [0.1, 0.15) is 0 Å². The second-order valence-electron chi connectivity index (χ2n) is 5.28. The van der Waals surface area contributed by atoms with Gasteiger partial charge in [-0.15, -0.1) is 5.10 Å². The summed E-state index contributed by atoms with van der Waals surface area (Å²) in [7, 11) is 0. The van der Waals surface area contributed by atoms with Gasteiger partial charge in [0, 0.05) is 32.4 Å². The highest BCUT2D eigenvalue weighted by Crippen LogP contribution is 2.13. The molecule has 2 heterocycles. The molecule has 0 spiro atoms. The summed E-state index contributed by atoms with van der Waals surface area (Å²) in [5.74, 6) is 0. The molecule has 1 fully saturated rings.